The molecule has 2 fully saturated rings. The number of rotatable bonds is 7. The first-order chi connectivity index (χ1) is 13.0. The van der Waals surface area contributed by atoms with Crippen molar-refractivity contribution in [2.24, 2.45) is 5.92 Å². The second kappa shape index (κ2) is 7.00. The summed E-state index contributed by atoms with van der Waals surface area (Å²) in [5.41, 5.74) is 2.71. The molecule has 0 aliphatic heterocycles. The molecule has 1 N–H and O–H groups in total. The summed E-state index contributed by atoms with van der Waals surface area (Å²) < 4.78 is 32.0. The van der Waals surface area contributed by atoms with Gasteiger partial charge in [-0.25, -0.2) is 8.42 Å². The van der Waals surface area contributed by atoms with Crippen LogP contribution in [0.5, 0.6) is 0 Å². The van der Waals surface area contributed by atoms with Gasteiger partial charge in [0.1, 0.15) is 0 Å². The Balaban J connectivity index is 1.54. The van der Waals surface area contributed by atoms with Crippen LogP contribution in [0.25, 0.3) is 0 Å². The lowest BCUT2D eigenvalue weighted by Crippen LogP contribution is -2.17. The molecule has 27 heavy (non-hydrogen) atoms. The molecule has 2 aliphatic rings. The zero-order valence-corrected chi connectivity index (χ0v) is 16.0. The minimum absolute atomic E-state index is 0.0561. The third kappa shape index (κ3) is 3.72. The van der Waals surface area contributed by atoms with Gasteiger partial charge in [-0.1, -0.05) is 42.5 Å². The van der Waals surface area contributed by atoms with E-state index >= 15 is 0 Å². The number of nitrogens with one attached hydrogen (secondary N) is 1. The van der Waals surface area contributed by atoms with Crippen LogP contribution >= 0.6 is 0 Å². The molecule has 2 aliphatic carbocycles. The number of sulfonamides is 1. The molecule has 0 heterocycles. The van der Waals surface area contributed by atoms with Gasteiger partial charge in [0.25, 0.3) is 0 Å². The average molecular weight is 385 g/mol. The molecule has 6 heteroatoms. The van der Waals surface area contributed by atoms with Crippen LogP contribution in [0.1, 0.15) is 42.7 Å². The number of hydrogen-bond donors (Lipinski definition) is 1. The van der Waals surface area contributed by atoms with Crippen molar-refractivity contribution in [2.45, 2.75) is 36.9 Å². The highest BCUT2D eigenvalue weighted by Crippen LogP contribution is 2.61. The maximum Gasteiger partial charge on any atom is 0.310 e. The van der Waals surface area contributed by atoms with Gasteiger partial charge in [-0.3, -0.25) is 9.52 Å². The first-order valence-corrected chi connectivity index (χ1v) is 10.9. The number of esters is 1. The van der Waals surface area contributed by atoms with Gasteiger partial charge in [-0.15, -0.1) is 0 Å². The van der Waals surface area contributed by atoms with Crippen LogP contribution in [0, 0.1) is 5.92 Å². The van der Waals surface area contributed by atoms with Crippen LogP contribution < -0.4 is 4.72 Å². The molecule has 0 bridgehead atoms. The first kappa shape index (κ1) is 18.0. The summed E-state index contributed by atoms with van der Waals surface area (Å²) in [6.07, 6.45) is 1.46. The zero-order chi connectivity index (χ0) is 19.0. The van der Waals surface area contributed by atoms with Gasteiger partial charge in [0.2, 0.25) is 10.0 Å². The molecule has 5 nitrogen and oxygen atoms in total. The largest absolute Gasteiger partial charge is 0.466 e. The summed E-state index contributed by atoms with van der Waals surface area (Å²) in [5.74, 6) is -0.212. The fourth-order valence-electron chi connectivity index (χ4n) is 3.75. The van der Waals surface area contributed by atoms with E-state index in [4.69, 9.17) is 4.74 Å². The Morgan fingerprint density at radius 2 is 1.59 bits per heavy atom. The van der Waals surface area contributed by atoms with Gasteiger partial charge in [0.05, 0.1) is 17.8 Å². The van der Waals surface area contributed by atoms with Gasteiger partial charge >= 0.3 is 5.97 Å². The van der Waals surface area contributed by atoms with Crippen LogP contribution in [-0.4, -0.2) is 26.2 Å². The molecule has 142 valence electrons. The molecular formula is C21H23NO4S. The highest BCUT2D eigenvalue weighted by molar-refractivity contribution is 7.93. The van der Waals surface area contributed by atoms with Crippen molar-refractivity contribution in [1.29, 1.82) is 0 Å². The SMILES string of the molecule is CCOC(=O)[C@@H]1[C@H](c2ccccc2)[C@H]1c1ccc(NS(=O)(=O)C2CC2)cc1. The predicted molar refractivity (Wildman–Crippen MR) is 104 cm³/mol. The number of carbonyl (C=O) groups excluding carboxylic acids is 1. The van der Waals surface area contributed by atoms with Crippen molar-refractivity contribution in [3.63, 3.8) is 0 Å². The molecule has 0 radical (unpaired) electrons. The van der Waals surface area contributed by atoms with Crippen molar-refractivity contribution in [2.75, 3.05) is 11.3 Å². The van der Waals surface area contributed by atoms with Crippen LogP contribution in [0.3, 0.4) is 0 Å². The molecule has 0 unspecified atom stereocenters. The maximum absolute atomic E-state index is 12.4. The average Bonchev–Trinajstić information content (AvgIpc) is 3.56. The van der Waals surface area contributed by atoms with Crippen LogP contribution in [0.15, 0.2) is 54.6 Å². The molecule has 2 aromatic rings. The molecule has 0 spiro atoms. The monoisotopic (exact) mass is 385 g/mol. The highest BCUT2D eigenvalue weighted by Gasteiger charge is 2.57. The number of anilines is 1. The molecule has 0 saturated heterocycles. The Labute approximate surface area is 159 Å². The van der Waals surface area contributed by atoms with Gasteiger partial charge in [0.15, 0.2) is 0 Å². The minimum Gasteiger partial charge on any atom is -0.466 e. The standard InChI is InChI=1S/C21H23NO4S/c1-2-26-21(23)20-18(14-6-4-3-5-7-14)19(20)15-8-10-16(11-9-15)22-27(24,25)17-12-13-17/h3-11,17-20,22H,2,12-13H2,1H3/t18-,19-,20-/m1/s1. The Hall–Kier alpha value is -2.34. The van der Waals surface area contributed by atoms with Crippen molar-refractivity contribution < 1.29 is 17.9 Å². The van der Waals surface area contributed by atoms with E-state index in [1.165, 1.54) is 0 Å². The highest BCUT2D eigenvalue weighted by atomic mass is 32.2. The van der Waals surface area contributed by atoms with Gasteiger partial charge < -0.3 is 4.74 Å². The quantitative estimate of drug-likeness (QED) is 0.739. The fraction of sp³-hybridized carbons (Fsp3) is 0.381. The summed E-state index contributed by atoms with van der Waals surface area (Å²) in [4.78, 5) is 12.4. The van der Waals surface area contributed by atoms with E-state index in [1.807, 2.05) is 49.4 Å². The summed E-state index contributed by atoms with van der Waals surface area (Å²) in [6, 6.07) is 17.3. The topological polar surface area (TPSA) is 72.5 Å². The predicted octanol–water partition coefficient (Wildman–Crippen LogP) is 3.65. The third-order valence-corrected chi connectivity index (χ3v) is 7.15. The van der Waals surface area contributed by atoms with Crippen LogP contribution in [0.2, 0.25) is 0 Å². The number of hydrogen-bond acceptors (Lipinski definition) is 4. The Kier molecular flexibility index (Phi) is 4.68. The lowest BCUT2D eigenvalue weighted by molar-refractivity contribution is -0.144. The molecule has 3 atom stereocenters. The van der Waals surface area contributed by atoms with Gasteiger partial charge in [-0.2, -0.15) is 0 Å². The summed E-state index contributed by atoms with van der Waals surface area (Å²) in [6.45, 7) is 2.18. The van der Waals surface area contributed by atoms with Crippen molar-refractivity contribution >= 4 is 21.7 Å². The van der Waals surface area contributed by atoms with E-state index in [0.29, 0.717) is 12.3 Å². The Morgan fingerprint density at radius 3 is 2.15 bits per heavy atom. The van der Waals surface area contributed by atoms with E-state index in [1.54, 1.807) is 12.1 Å². The van der Waals surface area contributed by atoms with Crippen LogP contribution in [0.4, 0.5) is 5.69 Å². The van der Waals surface area contributed by atoms with Gasteiger partial charge in [0, 0.05) is 17.5 Å². The van der Waals surface area contributed by atoms with E-state index in [-0.39, 0.29) is 29.0 Å². The van der Waals surface area contributed by atoms with Crippen molar-refractivity contribution in [3.05, 3.63) is 65.7 Å². The first-order valence-electron chi connectivity index (χ1n) is 9.34. The second-order valence-electron chi connectivity index (χ2n) is 7.21. The smallest absolute Gasteiger partial charge is 0.310 e. The van der Waals surface area contributed by atoms with Crippen LogP contribution in [-0.2, 0) is 19.6 Å². The van der Waals surface area contributed by atoms with E-state index in [2.05, 4.69) is 4.72 Å². The minimum atomic E-state index is -3.27. The summed E-state index contributed by atoms with van der Waals surface area (Å²) >= 11 is 0. The van der Waals surface area contributed by atoms with E-state index in [0.717, 1.165) is 24.0 Å². The van der Waals surface area contributed by atoms with Gasteiger partial charge in [-0.05, 0) is 43.0 Å². The third-order valence-electron chi connectivity index (χ3n) is 5.28. The summed E-state index contributed by atoms with van der Waals surface area (Å²) in [5, 5.41) is -0.253. The molecule has 2 aromatic carbocycles. The van der Waals surface area contributed by atoms with Crippen molar-refractivity contribution in [1.82, 2.24) is 0 Å². The Bertz CT molecular complexity index is 920. The molecule has 2 saturated carbocycles. The van der Waals surface area contributed by atoms with E-state index in [9.17, 15) is 13.2 Å². The number of benzene rings is 2. The normalized spacial score (nSPS) is 24.3. The molecule has 0 aromatic heterocycles. The molecule has 0 amide bonds. The second-order valence-corrected chi connectivity index (χ2v) is 9.17. The number of carbonyl (C=O) groups is 1. The Morgan fingerprint density at radius 1 is 1.00 bits per heavy atom. The molecular weight excluding hydrogens is 362 g/mol. The van der Waals surface area contributed by atoms with Crippen molar-refractivity contribution in [3.8, 4) is 0 Å². The lowest BCUT2D eigenvalue weighted by Gasteiger charge is -2.08. The molecule has 4 rings (SSSR count). The summed E-state index contributed by atoms with van der Waals surface area (Å²) in [7, 11) is -3.27. The zero-order valence-electron chi connectivity index (χ0n) is 15.2. The maximum atomic E-state index is 12.4. The number of ether oxygens (including phenoxy) is 1. The fourth-order valence-corrected chi connectivity index (χ4v) is 5.13. The van der Waals surface area contributed by atoms with E-state index < -0.39 is 10.0 Å². The lowest BCUT2D eigenvalue weighted by atomic mass is 10.0.